The number of aromatic nitrogens is 4. The van der Waals surface area contributed by atoms with E-state index in [2.05, 4.69) is 16.5 Å². The average Bonchev–Trinajstić information content (AvgIpc) is 3.04. The molecular formula is C18H24N6O2. The summed E-state index contributed by atoms with van der Waals surface area (Å²) >= 11 is 0. The molecule has 0 aliphatic heterocycles. The summed E-state index contributed by atoms with van der Waals surface area (Å²) in [6, 6.07) is 1.79. The SMILES string of the molecule is CCN(C(=O)n1nnn(C2=CCC(C)C=C2C#N)c1=O)C1CCCCC1. The third-order valence-electron chi connectivity index (χ3n) is 5.12. The molecule has 1 fully saturated rings. The molecule has 2 aliphatic carbocycles. The van der Waals surface area contributed by atoms with Crippen LogP contribution in [0.3, 0.4) is 0 Å². The minimum Gasteiger partial charge on any atom is -0.320 e. The zero-order valence-electron chi connectivity index (χ0n) is 15.3. The van der Waals surface area contributed by atoms with Crippen LogP contribution in [0.1, 0.15) is 52.4 Å². The van der Waals surface area contributed by atoms with E-state index in [1.54, 1.807) is 11.0 Å². The number of rotatable bonds is 3. The lowest BCUT2D eigenvalue weighted by Crippen LogP contribution is -2.47. The fraction of sp³-hybridized carbons (Fsp3) is 0.611. The summed E-state index contributed by atoms with van der Waals surface area (Å²) in [7, 11) is 0. The van der Waals surface area contributed by atoms with Crippen LogP contribution >= 0.6 is 0 Å². The van der Waals surface area contributed by atoms with Gasteiger partial charge < -0.3 is 4.90 Å². The van der Waals surface area contributed by atoms with E-state index in [1.807, 2.05) is 19.9 Å². The number of nitriles is 1. The second-order valence-electron chi connectivity index (χ2n) is 6.94. The van der Waals surface area contributed by atoms with Gasteiger partial charge >= 0.3 is 11.7 Å². The second kappa shape index (κ2) is 7.68. The first kappa shape index (κ1) is 18.1. The molecule has 0 saturated heterocycles. The third-order valence-corrected chi connectivity index (χ3v) is 5.12. The Balaban J connectivity index is 1.89. The van der Waals surface area contributed by atoms with Crippen LogP contribution in [0.2, 0.25) is 0 Å². The van der Waals surface area contributed by atoms with Crippen molar-refractivity contribution in [2.24, 2.45) is 5.92 Å². The summed E-state index contributed by atoms with van der Waals surface area (Å²) in [5.41, 5.74) is 0.145. The summed E-state index contributed by atoms with van der Waals surface area (Å²) in [4.78, 5) is 27.3. The maximum atomic E-state index is 12.9. The van der Waals surface area contributed by atoms with Gasteiger partial charge in [0.25, 0.3) is 0 Å². The first-order valence-corrected chi connectivity index (χ1v) is 9.25. The van der Waals surface area contributed by atoms with Gasteiger partial charge in [0, 0.05) is 12.6 Å². The summed E-state index contributed by atoms with van der Waals surface area (Å²) < 4.78 is 1.86. The van der Waals surface area contributed by atoms with Gasteiger partial charge in [-0.1, -0.05) is 38.3 Å². The standard InChI is InChI=1S/C18H24N6O2/c1-3-22(15-7-5-4-6-8-15)17(25)24-18(26)23(20-21-24)16-10-9-13(2)11-14(16)12-19/h10-11,13,15H,3-9H2,1-2H3. The van der Waals surface area contributed by atoms with Crippen LogP contribution in [-0.4, -0.2) is 43.3 Å². The van der Waals surface area contributed by atoms with Crippen LogP contribution < -0.4 is 5.69 Å². The molecule has 0 bridgehead atoms. The molecule has 26 heavy (non-hydrogen) atoms. The van der Waals surface area contributed by atoms with Gasteiger partial charge in [0.15, 0.2) is 0 Å². The summed E-state index contributed by atoms with van der Waals surface area (Å²) in [6.07, 6.45) is 9.59. The van der Waals surface area contributed by atoms with Crippen LogP contribution in [0.4, 0.5) is 4.79 Å². The first-order valence-electron chi connectivity index (χ1n) is 9.25. The molecule has 0 spiro atoms. The van der Waals surface area contributed by atoms with Crippen molar-refractivity contribution < 1.29 is 4.79 Å². The van der Waals surface area contributed by atoms with Gasteiger partial charge in [-0.3, -0.25) is 0 Å². The minimum absolute atomic E-state index is 0.141. The van der Waals surface area contributed by atoms with E-state index in [9.17, 15) is 14.9 Å². The van der Waals surface area contributed by atoms with Gasteiger partial charge in [0.2, 0.25) is 0 Å². The molecule has 1 saturated carbocycles. The number of tetrazole rings is 1. The highest BCUT2D eigenvalue weighted by Gasteiger charge is 2.29. The lowest BCUT2D eigenvalue weighted by atomic mass is 9.94. The predicted octanol–water partition coefficient (Wildman–Crippen LogP) is 2.39. The zero-order chi connectivity index (χ0) is 18.7. The number of carbonyl (C=O) groups is 1. The van der Waals surface area contributed by atoms with Crippen LogP contribution in [-0.2, 0) is 0 Å². The molecule has 1 heterocycles. The number of carbonyl (C=O) groups excluding carboxylic acids is 1. The molecular weight excluding hydrogens is 332 g/mol. The fourth-order valence-corrected chi connectivity index (χ4v) is 3.72. The van der Waals surface area contributed by atoms with Crippen molar-refractivity contribution >= 4 is 11.7 Å². The molecule has 1 aromatic rings. The molecule has 1 amide bonds. The molecule has 3 rings (SSSR count). The number of hydrogen-bond donors (Lipinski definition) is 0. The maximum Gasteiger partial charge on any atom is 0.377 e. The largest absolute Gasteiger partial charge is 0.377 e. The Morgan fingerprint density at radius 2 is 2.08 bits per heavy atom. The lowest BCUT2D eigenvalue weighted by molar-refractivity contribution is 0.157. The van der Waals surface area contributed by atoms with Crippen molar-refractivity contribution in [1.82, 2.24) is 24.7 Å². The fourth-order valence-electron chi connectivity index (χ4n) is 3.72. The highest BCUT2D eigenvalue weighted by Crippen LogP contribution is 2.25. The van der Waals surface area contributed by atoms with E-state index in [1.165, 1.54) is 6.42 Å². The Labute approximate surface area is 152 Å². The van der Waals surface area contributed by atoms with Crippen molar-refractivity contribution in [2.75, 3.05) is 6.54 Å². The molecule has 8 nitrogen and oxygen atoms in total. The Morgan fingerprint density at radius 1 is 1.35 bits per heavy atom. The summed E-state index contributed by atoms with van der Waals surface area (Å²) in [5, 5.41) is 17.0. The van der Waals surface area contributed by atoms with Crippen LogP contribution in [0, 0.1) is 17.2 Å². The molecule has 0 radical (unpaired) electrons. The van der Waals surface area contributed by atoms with Crippen molar-refractivity contribution in [3.63, 3.8) is 0 Å². The molecule has 2 aliphatic rings. The van der Waals surface area contributed by atoms with E-state index in [-0.39, 0.29) is 12.0 Å². The molecule has 1 aromatic heterocycles. The van der Waals surface area contributed by atoms with Crippen LogP contribution in [0.5, 0.6) is 0 Å². The zero-order valence-corrected chi connectivity index (χ0v) is 15.3. The molecule has 8 heteroatoms. The highest BCUT2D eigenvalue weighted by atomic mass is 16.2. The van der Waals surface area contributed by atoms with E-state index in [4.69, 9.17) is 0 Å². The Hall–Kier alpha value is -2.69. The average molecular weight is 356 g/mol. The number of hydrogen-bond acceptors (Lipinski definition) is 5. The van der Waals surface area contributed by atoms with E-state index in [0.717, 1.165) is 35.0 Å². The predicted molar refractivity (Wildman–Crippen MR) is 96.1 cm³/mol. The van der Waals surface area contributed by atoms with Gasteiger partial charge in [-0.25, -0.2) is 9.59 Å². The molecule has 0 aromatic carbocycles. The molecule has 1 atom stereocenters. The number of allylic oxidation sites excluding steroid dienone is 4. The molecule has 138 valence electrons. The smallest absolute Gasteiger partial charge is 0.320 e. The van der Waals surface area contributed by atoms with Gasteiger partial charge in [-0.15, -0.1) is 4.68 Å². The Morgan fingerprint density at radius 3 is 2.73 bits per heavy atom. The van der Waals surface area contributed by atoms with Gasteiger partial charge in [0.1, 0.15) is 6.07 Å². The van der Waals surface area contributed by atoms with E-state index >= 15 is 0 Å². The number of nitrogens with zero attached hydrogens (tertiary/aromatic N) is 6. The van der Waals surface area contributed by atoms with Crippen LogP contribution in [0.25, 0.3) is 5.70 Å². The van der Waals surface area contributed by atoms with E-state index in [0.29, 0.717) is 24.2 Å². The number of amides is 1. The van der Waals surface area contributed by atoms with Crippen molar-refractivity contribution in [3.8, 4) is 6.07 Å². The first-order chi connectivity index (χ1) is 12.6. The second-order valence-corrected chi connectivity index (χ2v) is 6.94. The quantitative estimate of drug-likeness (QED) is 0.775. The van der Waals surface area contributed by atoms with Gasteiger partial charge in [-0.2, -0.15) is 9.94 Å². The monoisotopic (exact) mass is 356 g/mol. The highest BCUT2D eigenvalue weighted by molar-refractivity contribution is 5.76. The maximum absolute atomic E-state index is 12.9. The van der Waals surface area contributed by atoms with Crippen molar-refractivity contribution in [2.45, 2.75) is 58.4 Å². The summed E-state index contributed by atoms with van der Waals surface area (Å²) in [5.74, 6) is 0.225. The van der Waals surface area contributed by atoms with Crippen molar-refractivity contribution in [3.05, 3.63) is 28.2 Å². The Kier molecular flexibility index (Phi) is 5.35. The lowest BCUT2D eigenvalue weighted by Gasteiger charge is -2.32. The third kappa shape index (κ3) is 3.34. The molecule has 1 unspecified atom stereocenters. The molecule has 0 N–H and O–H groups in total. The normalized spacial score (nSPS) is 20.9. The van der Waals surface area contributed by atoms with E-state index < -0.39 is 11.7 Å². The van der Waals surface area contributed by atoms with Crippen molar-refractivity contribution in [1.29, 1.82) is 5.26 Å². The van der Waals surface area contributed by atoms with Gasteiger partial charge in [-0.05, 0) is 42.5 Å². The minimum atomic E-state index is -0.633. The topological polar surface area (TPSA) is 96.8 Å². The Bertz CT molecular complexity index is 835. The van der Waals surface area contributed by atoms with Crippen LogP contribution in [0.15, 0.2) is 22.5 Å². The summed E-state index contributed by atoms with van der Waals surface area (Å²) in [6.45, 7) is 4.42. The van der Waals surface area contributed by atoms with Gasteiger partial charge in [0.05, 0.1) is 11.3 Å².